The van der Waals surface area contributed by atoms with E-state index in [9.17, 15) is 18.0 Å². The number of likely N-dealkylation sites (tertiary alicyclic amines) is 1. The highest BCUT2D eigenvalue weighted by molar-refractivity contribution is 7.91. The third kappa shape index (κ3) is 7.35. The van der Waals surface area contributed by atoms with Crippen LogP contribution >= 0.6 is 0 Å². The summed E-state index contributed by atoms with van der Waals surface area (Å²) >= 11 is 0. The Hall–Kier alpha value is -2.78. The molecule has 1 aromatic rings. The van der Waals surface area contributed by atoms with Crippen LogP contribution in [0.4, 0.5) is 4.79 Å². The Labute approximate surface area is 206 Å². The molecule has 0 radical (unpaired) electrons. The number of rotatable bonds is 6. The van der Waals surface area contributed by atoms with Crippen molar-refractivity contribution in [3.63, 3.8) is 0 Å². The molecule has 1 heterocycles. The topological polar surface area (TPSA) is 142 Å². The number of azide groups is 1. The van der Waals surface area contributed by atoms with Crippen molar-refractivity contribution in [1.29, 1.82) is 0 Å². The van der Waals surface area contributed by atoms with Crippen LogP contribution in [0, 0.1) is 5.92 Å². The number of carbonyl (C=O) groups excluding carboxylic acids is 2. The van der Waals surface area contributed by atoms with E-state index < -0.39 is 33.5 Å². The zero-order valence-corrected chi connectivity index (χ0v) is 21.4. The number of hydrogen-bond acceptors (Lipinski definition) is 6. The summed E-state index contributed by atoms with van der Waals surface area (Å²) in [5.41, 5.74) is 8.25. The second-order valence-electron chi connectivity index (χ2n) is 10.3. The molecule has 0 bridgehead atoms. The Bertz CT molecular complexity index is 1050. The highest BCUT2D eigenvalue weighted by Crippen LogP contribution is 2.34. The van der Waals surface area contributed by atoms with Gasteiger partial charge in [-0.3, -0.25) is 4.79 Å². The zero-order valence-electron chi connectivity index (χ0n) is 20.6. The number of ether oxygens (including phenoxy) is 1. The first kappa shape index (κ1) is 26.8. The first-order valence-corrected chi connectivity index (χ1v) is 13.8. The Kier molecular flexibility index (Phi) is 8.66. The van der Waals surface area contributed by atoms with Crippen LogP contribution < -0.4 is 5.32 Å². The fourth-order valence-corrected chi connectivity index (χ4v) is 6.66. The van der Waals surface area contributed by atoms with Gasteiger partial charge in [-0.2, -0.15) is 0 Å². The number of carbonyl (C=O) groups is 2. The SMILES string of the molecule is CC(C)(C)OC(=O)N[C@H]1CCCCN(C2CC[C@@H](N=[N+]=[N-])CC2CS(=O)(=O)c2ccccc2)C1=O. The maximum Gasteiger partial charge on any atom is 0.408 e. The van der Waals surface area contributed by atoms with Gasteiger partial charge in [0.15, 0.2) is 9.84 Å². The third-order valence-corrected chi connectivity index (χ3v) is 8.34. The molecule has 1 saturated carbocycles. The van der Waals surface area contributed by atoms with Crippen molar-refractivity contribution in [1.82, 2.24) is 10.2 Å². The molecular weight excluding hydrogens is 470 g/mol. The van der Waals surface area contributed by atoms with Crippen LogP contribution in [0.3, 0.4) is 0 Å². The van der Waals surface area contributed by atoms with Crippen LogP contribution in [-0.4, -0.2) is 61.3 Å². The normalized spacial score (nSPS) is 25.8. The summed E-state index contributed by atoms with van der Waals surface area (Å²) in [7, 11) is -3.61. The Morgan fingerprint density at radius 1 is 1.20 bits per heavy atom. The lowest BCUT2D eigenvalue weighted by Crippen LogP contribution is -2.55. The van der Waals surface area contributed by atoms with Gasteiger partial charge >= 0.3 is 6.09 Å². The monoisotopic (exact) mass is 505 g/mol. The van der Waals surface area contributed by atoms with E-state index in [1.54, 1.807) is 56.0 Å². The molecule has 2 fully saturated rings. The highest BCUT2D eigenvalue weighted by Gasteiger charge is 2.41. The van der Waals surface area contributed by atoms with Gasteiger partial charge in [-0.25, -0.2) is 13.2 Å². The van der Waals surface area contributed by atoms with Gasteiger partial charge in [0.1, 0.15) is 11.6 Å². The second-order valence-corrected chi connectivity index (χ2v) is 12.4. The van der Waals surface area contributed by atoms with Crippen LogP contribution in [0.25, 0.3) is 10.4 Å². The number of amides is 2. The van der Waals surface area contributed by atoms with Gasteiger partial charge in [-0.1, -0.05) is 23.3 Å². The average Bonchev–Trinajstić information content (AvgIpc) is 2.95. The number of benzene rings is 1. The third-order valence-electron chi connectivity index (χ3n) is 6.48. The molecule has 1 aliphatic carbocycles. The van der Waals surface area contributed by atoms with Crippen molar-refractivity contribution in [3.8, 4) is 0 Å². The molecule has 10 nitrogen and oxygen atoms in total. The van der Waals surface area contributed by atoms with Crippen molar-refractivity contribution >= 4 is 21.8 Å². The highest BCUT2D eigenvalue weighted by atomic mass is 32.2. The molecule has 4 atom stereocenters. The number of nitrogens with one attached hydrogen (secondary N) is 1. The maximum absolute atomic E-state index is 13.6. The summed E-state index contributed by atoms with van der Waals surface area (Å²) in [5.74, 6) is -0.760. The van der Waals surface area contributed by atoms with Crippen LogP contribution in [-0.2, 0) is 19.4 Å². The van der Waals surface area contributed by atoms with Gasteiger partial charge in [-0.05, 0) is 82.9 Å². The van der Waals surface area contributed by atoms with E-state index in [1.807, 2.05) is 0 Å². The molecule has 0 aromatic heterocycles. The lowest BCUT2D eigenvalue weighted by atomic mass is 9.81. The molecule has 1 aromatic carbocycles. The number of alkyl carbamates (subject to hydrolysis) is 1. The molecular formula is C24H35N5O5S. The van der Waals surface area contributed by atoms with E-state index >= 15 is 0 Å². The lowest BCUT2D eigenvalue weighted by Gasteiger charge is -2.42. The van der Waals surface area contributed by atoms with Gasteiger partial charge in [0.05, 0.1) is 10.6 Å². The average molecular weight is 506 g/mol. The van der Waals surface area contributed by atoms with Gasteiger partial charge in [0, 0.05) is 23.5 Å². The van der Waals surface area contributed by atoms with Crippen molar-refractivity contribution in [2.24, 2.45) is 11.0 Å². The van der Waals surface area contributed by atoms with Gasteiger partial charge in [-0.15, -0.1) is 0 Å². The molecule has 1 aliphatic heterocycles. The van der Waals surface area contributed by atoms with E-state index in [0.717, 1.165) is 12.8 Å². The Balaban J connectivity index is 1.83. The van der Waals surface area contributed by atoms with Crippen molar-refractivity contribution in [2.75, 3.05) is 12.3 Å². The second kappa shape index (κ2) is 11.3. The number of hydrogen-bond donors (Lipinski definition) is 1. The first-order chi connectivity index (χ1) is 16.5. The quantitative estimate of drug-likeness (QED) is 0.350. The molecule has 1 saturated heterocycles. The number of sulfone groups is 1. The zero-order chi connectivity index (χ0) is 25.6. The standard InChI is InChI=1S/C24H35N5O5S/c1-24(2,3)34-23(31)26-20-11-7-8-14-29(22(20)30)21-13-12-18(27-28-25)15-17(21)16-35(32,33)19-9-5-4-6-10-19/h4-6,9-10,17-18,20-21H,7-8,11-16H2,1-3H3,(H,26,31)/t17?,18-,20+,21?/m1/s1. The van der Waals surface area contributed by atoms with E-state index in [4.69, 9.17) is 10.3 Å². The summed E-state index contributed by atoms with van der Waals surface area (Å²) in [6, 6.07) is 6.88. The van der Waals surface area contributed by atoms with Crippen molar-refractivity contribution < 1.29 is 22.7 Å². The smallest absolute Gasteiger partial charge is 0.408 e. The molecule has 2 aliphatic rings. The minimum Gasteiger partial charge on any atom is -0.444 e. The van der Waals surface area contributed by atoms with E-state index in [2.05, 4.69) is 15.3 Å². The Morgan fingerprint density at radius 2 is 1.91 bits per heavy atom. The summed E-state index contributed by atoms with van der Waals surface area (Å²) < 4.78 is 31.8. The van der Waals surface area contributed by atoms with E-state index in [1.165, 1.54) is 0 Å². The molecule has 2 unspecified atom stereocenters. The Morgan fingerprint density at radius 3 is 2.57 bits per heavy atom. The summed E-state index contributed by atoms with van der Waals surface area (Å²) in [5, 5.41) is 6.57. The molecule has 2 amide bonds. The fraction of sp³-hybridized carbons (Fsp3) is 0.667. The van der Waals surface area contributed by atoms with Crippen LogP contribution in [0.5, 0.6) is 0 Å². The van der Waals surface area contributed by atoms with Gasteiger partial charge < -0.3 is 15.0 Å². The van der Waals surface area contributed by atoms with Crippen molar-refractivity contribution in [3.05, 3.63) is 40.8 Å². The van der Waals surface area contributed by atoms with E-state index in [0.29, 0.717) is 32.2 Å². The summed E-state index contributed by atoms with van der Waals surface area (Å²) in [6.45, 7) is 5.76. The molecule has 11 heteroatoms. The van der Waals surface area contributed by atoms with Crippen LogP contribution in [0.15, 0.2) is 40.3 Å². The van der Waals surface area contributed by atoms with Crippen molar-refractivity contribution in [2.45, 2.75) is 87.9 Å². The largest absolute Gasteiger partial charge is 0.444 e. The molecule has 35 heavy (non-hydrogen) atoms. The fourth-order valence-electron chi connectivity index (χ4n) is 4.97. The van der Waals surface area contributed by atoms with E-state index in [-0.39, 0.29) is 28.6 Å². The van der Waals surface area contributed by atoms with Gasteiger partial charge in [0.2, 0.25) is 5.91 Å². The van der Waals surface area contributed by atoms with Crippen LogP contribution in [0.1, 0.15) is 59.3 Å². The molecule has 3 rings (SSSR count). The van der Waals surface area contributed by atoms with Gasteiger partial charge in [0.25, 0.3) is 0 Å². The molecule has 192 valence electrons. The maximum atomic E-state index is 13.6. The summed E-state index contributed by atoms with van der Waals surface area (Å²) in [4.78, 5) is 30.8. The number of nitrogens with zero attached hydrogens (tertiary/aromatic N) is 4. The minimum absolute atomic E-state index is 0.146. The lowest BCUT2D eigenvalue weighted by molar-refractivity contribution is -0.137. The predicted molar refractivity (Wildman–Crippen MR) is 131 cm³/mol. The first-order valence-electron chi connectivity index (χ1n) is 12.1. The van der Waals surface area contributed by atoms with Crippen LogP contribution in [0.2, 0.25) is 0 Å². The molecule has 0 spiro atoms. The molecule has 1 N–H and O–H groups in total. The minimum atomic E-state index is -3.61. The summed E-state index contributed by atoms with van der Waals surface area (Å²) in [6.07, 6.45) is 2.85. The predicted octanol–water partition coefficient (Wildman–Crippen LogP) is 4.21.